The van der Waals surface area contributed by atoms with Crippen molar-refractivity contribution in [1.82, 2.24) is 10.3 Å². The van der Waals surface area contributed by atoms with E-state index in [0.29, 0.717) is 38.9 Å². The SMILES string of the molecule is NCCCN(CCCC/[N+]([O-])=N\O)N(O)N=O. The smallest absolute Gasteiger partial charge is 0.197 e. The van der Waals surface area contributed by atoms with Crippen molar-refractivity contribution in [3.63, 3.8) is 0 Å². The van der Waals surface area contributed by atoms with Gasteiger partial charge in [0.05, 0.1) is 5.29 Å². The summed E-state index contributed by atoms with van der Waals surface area (Å²) in [6, 6.07) is 0. The third kappa shape index (κ3) is 7.38. The molecule has 0 aliphatic heterocycles. The number of rotatable bonds is 10. The molecule has 0 saturated heterocycles. The summed E-state index contributed by atoms with van der Waals surface area (Å²) in [5.41, 5.74) is 5.31. The van der Waals surface area contributed by atoms with Gasteiger partial charge >= 0.3 is 0 Å². The molecule has 0 amide bonds. The highest BCUT2D eigenvalue weighted by Gasteiger charge is 2.12. The summed E-state index contributed by atoms with van der Waals surface area (Å²) in [6.45, 7) is 1.22. The molecule has 0 saturated carbocycles. The highest BCUT2D eigenvalue weighted by Crippen LogP contribution is 2.01. The van der Waals surface area contributed by atoms with E-state index in [9.17, 15) is 10.1 Å². The van der Waals surface area contributed by atoms with Crippen LogP contribution in [0.1, 0.15) is 19.3 Å². The van der Waals surface area contributed by atoms with Gasteiger partial charge in [0.15, 0.2) is 11.8 Å². The molecule has 0 rings (SSSR count). The molecule has 0 atom stereocenters. The predicted molar refractivity (Wildman–Crippen MR) is 56.6 cm³/mol. The van der Waals surface area contributed by atoms with Crippen LogP contribution < -0.4 is 5.73 Å². The van der Waals surface area contributed by atoms with Gasteiger partial charge in [0, 0.05) is 19.5 Å². The fourth-order valence-electron chi connectivity index (χ4n) is 1.20. The maximum atomic E-state index is 10.6. The van der Waals surface area contributed by atoms with Crippen LogP contribution in [0.25, 0.3) is 0 Å². The molecular formula is C7H18N6O4. The first kappa shape index (κ1) is 15.5. The van der Waals surface area contributed by atoms with E-state index >= 15 is 0 Å². The lowest BCUT2D eigenvalue weighted by Crippen LogP contribution is -2.38. The van der Waals surface area contributed by atoms with E-state index < -0.39 is 0 Å². The summed E-state index contributed by atoms with van der Waals surface area (Å²) in [6.07, 6.45) is 1.59. The van der Waals surface area contributed by atoms with Crippen molar-refractivity contribution in [3.05, 3.63) is 10.1 Å². The first-order valence-electron chi connectivity index (χ1n) is 5.22. The van der Waals surface area contributed by atoms with Gasteiger partial charge in [0.25, 0.3) is 0 Å². The molecule has 0 spiro atoms. The van der Waals surface area contributed by atoms with Gasteiger partial charge in [-0.1, -0.05) is 10.1 Å². The van der Waals surface area contributed by atoms with E-state index in [1.165, 1.54) is 5.01 Å². The Bertz CT molecular complexity index is 238. The molecule has 0 heterocycles. The lowest BCUT2D eigenvalue weighted by molar-refractivity contribution is -0.556. The Morgan fingerprint density at radius 1 is 1.29 bits per heavy atom. The van der Waals surface area contributed by atoms with Crippen LogP contribution in [0.4, 0.5) is 0 Å². The van der Waals surface area contributed by atoms with Gasteiger partial charge in [-0.05, 0) is 19.4 Å². The molecule has 4 N–H and O–H groups in total. The van der Waals surface area contributed by atoms with Crippen molar-refractivity contribution in [2.75, 3.05) is 26.2 Å². The van der Waals surface area contributed by atoms with Crippen LogP contribution in [0.5, 0.6) is 0 Å². The molecule has 0 aromatic carbocycles. The Morgan fingerprint density at radius 2 is 1.94 bits per heavy atom. The largest absolute Gasteiger partial charge is 0.597 e. The highest BCUT2D eigenvalue weighted by atomic mass is 16.6. The second-order valence-corrected chi connectivity index (χ2v) is 3.32. The Balaban J connectivity index is 3.86. The fraction of sp³-hybridized carbons (Fsp3) is 1.00. The van der Waals surface area contributed by atoms with E-state index in [1.54, 1.807) is 0 Å². The third-order valence-corrected chi connectivity index (χ3v) is 2.06. The number of nitrogens with zero attached hydrogens (tertiary/aromatic N) is 5. The van der Waals surface area contributed by atoms with E-state index in [1.807, 2.05) is 0 Å². The molecule has 10 heteroatoms. The first-order chi connectivity index (χ1) is 8.15. The Kier molecular flexibility index (Phi) is 8.82. The molecule has 0 fully saturated rings. The lowest BCUT2D eigenvalue weighted by atomic mass is 10.3. The van der Waals surface area contributed by atoms with Crippen molar-refractivity contribution in [3.8, 4) is 0 Å². The zero-order valence-corrected chi connectivity index (χ0v) is 9.47. The minimum Gasteiger partial charge on any atom is -0.597 e. The van der Waals surface area contributed by atoms with Gasteiger partial charge in [0.1, 0.15) is 0 Å². The van der Waals surface area contributed by atoms with Gasteiger partial charge in [-0.3, -0.25) is 5.21 Å². The summed E-state index contributed by atoms with van der Waals surface area (Å²) >= 11 is 0. The van der Waals surface area contributed by atoms with Crippen LogP contribution in [0.2, 0.25) is 0 Å². The summed E-state index contributed by atoms with van der Waals surface area (Å²) in [7, 11) is 0. The van der Waals surface area contributed by atoms with Crippen LogP contribution in [-0.2, 0) is 0 Å². The number of hydrogen-bond acceptors (Lipinski definition) is 7. The number of nitroso groups, excluding NO2 is 1. The zero-order chi connectivity index (χ0) is 13.1. The summed E-state index contributed by atoms with van der Waals surface area (Å²) < 4.78 is 0. The molecule has 0 radical (unpaired) electrons. The summed E-state index contributed by atoms with van der Waals surface area (Å²) in [4.78, 5) is 10.3. The predicted octanol–water partition coefficient (Wildman–Crippen LogP) is 0.0567. The highest BCUT2D eigenvalue weighted by molar-refractivity contribution is 4.52. The number of hydrogen-bond donors (Lipinski definition) is 3. The number of unbranched alkanes of at least 4 members (excludes halogenated alkanes) is 1. The molecule has 100 valence electrons. The monoisotopic (exact) mass is 250 g/mol. The van der Waals surface area contributed by atoms with Gasteiger partial charge < -0.3 is 16.1 Å². The van der Waals surface area contributed by atoms with Gasteiger partial charge in [0.2, 0.25) is 0 Å². The average Bonchev–Trinajstić information content (AvgIpc) is 2.36. The van der Waals surface area contributed by atoms with Crippen molar-refractivity contribution in [2.24, 2.45) is 16.3 Å². The first-order valence-corrected chi connectivity index (χ1v) is 5.22. The second-order valence-electron chi connectivity index (χ2n) is 3.32. The van der Waals surface area contributed by atoms with Crippen LogP contribution >= 0.6 is 0 Å². The van der Waals surface area contributed by atoms with E-state index in [-0.39, 0.29) is 16.7 Å². The van der Waals surface area contributed by atoms with E-state index in [2.05, 4.69) is 10.6 Å². The molecule has 0 bridgehead atoms. The Labute approximate surface area is 98.3 Å². The molecule has 0 aromatic heterocycles. The maximum absolute atomic E-state index is 10.6. The Hall–Kier alpha value is -1.52. The molecule has 17 heavy (non-hydrogen) atoms. The molecule has 0 unspecified atom stereocenters. The number of hydrazine groups is 1. The molecule has 0 aliphatic carbocycles. The fourth-order valence-corrected chi connectivity index (χ4v) is 1.20. The molecule has 10 nitrogen and oxygen atoms in total. The van der Waals surface area contributed by atoms with Crippen LogP contribution in [0, 0.1) is 10.1 Å². The quantitative estimate of drug-likeness (QED) is 0.163. The summed E-state index contributed by atoms with van der Waals surface area (Å²) in [5.74, 6) is 0. The molecule has 0 aliphatic rings. The maximum Gasteiger partial charge on any atom is 0.197 e. The minimum absolute atomic E-state index is 0.0428. The topological polar surface area (TPSA) is 141 Å². The van der Waals surface area contributed by atoms with Crippen LogP contribution in [0.3, 0.4) is 0 Å². The van der Waals surface area contributed by atoms with Crippen LogP contribution in [0.15, 0.2) is 10.6 Å². The molecule has 0 aromatic rings. The van der Waals surface area contributed by atoms with Crippen molar-refractivity contribution in [1.29, 1.82) is 0 Å². The van der Waals surface area contributed by atoms with Gasteiger partial charge in [-0.15, -0.1) is 4.91 Å². The minimum atomic E-state index is 0.0428. The van der Waals surface area contributed by atoms with Crippen molar-refractivity contribution >= 4 is 0 Å². The average molecular weight is 250 g/mol. The van der Waals surface area contributed by atoms with Gasteiger partial charge in [-0.25, -0.2) is 0 Å². The van der Waals surface area contributed by atoms with Crippen molar-refractivity contribution < 1.29 is 15.3 Å². The number of nitrogens with two attached hydrogens (primary N) is 1. The van der Waals surface area contributed by atoms with Crippen LogP contribution in [-0.4, -0.2) is 51.7 Å². The third-order valence-electron chi connectivity index (χ3n) is 2.06. The summed E-state index contributed by atoms with van der Waals surface area (Å²) in [5, 5.41) is 34.1. The van der Waals surface area contributed by atoms with Gasteiger partial charge in [-0.2, -0.15) is 5.01 Å². The van der Waals surface area contributed by atoms with E-state index in [4.69, 9.17) is 16.1 Å². The number of hydroxylamine groups is 1. The normalized spacial score (nSPS) is 11.8. The zero-order valence-electron chi connectivity index (χ0n) is 9.47. The second kappa shape index (κ2) is 9.69. The van der Waals surface area contributed by atoms with E-state index in [0.717, 1.165) is 0 Å². The lowest BCUT2D eigenvalue weighted by Gasteiger charge is -2.23. The Morgan fingerprint density at radius 3 is 2.47 bits per heavy atom. The molecular weight excluding hydrogens is 232 g/mol. The standard InChI is InChI=1S/C7H18N6O4/c8-4-3-6-11(13(17)10-15)5-1-2-7-12(16)9-14/h14,17H,1-8H2/b12-9+. The van der Waals surface area contributed by atoms with Crippen molar-refractivity contribution in [2.45, 2.75) is 19.3 Å².